The van der Waals surface area contributed by atoms with Gasteiger partial charge in [0.1, 0.15) is 0 Å². The number of aromatic nitrogens is 2. The molecule has 0 bridgehead atoms. The fourth-order valence-corrected chi connectivity index (χ4v) is 2.45. The molecule has 2 N–H and O–H groups in total. The number of rotatable bonds is 2. The molecule has 0 amide bonds. The van der Waals surface area contributed by atoms with Gasteiger partial charge in [0.15, 0.2) is 0 Å². The highest BCUT2D eigenvalue weighted by atomic mass is 14.9. The summed E-state index contributed by atoms with van der Waals surface area (Å²) in [5.74, 6) is 0. The van der Waals surface area contributed by atoms with Gasteiger partial charge in [-0.1, -0.05) is 0 Å². The highest BCUT2D eigenvalue weighted by Gasteiger charge is 2.11. The molecule has 1 saturated heterocycles. The maximum Gasteiger partial charge on any atom is 0.0907 e. The fourth-order valence-electron chi connectivity index (χ4n) is 2.45. The maximum atomic E-state index is 4.34. The van der Waals surface area contributed by atoms with Gasteiger partial charge in [0.2, 0.25) is 0 Å². The summed E-state index contributed by atoms with van der Waals surface area (Å²) in [4.78, 5) is 8.62. The van der Waals surface area contributed by atoms with Crippen LogP contribution in [-0.4, -0.2) is 29.1 Å². The van der Waals surface area contributed by atoms with Crippen LogP contribution in [-0.2, 0) is 0 Å². The minimum absolute atomic E-state index is 0.564. The first-order valence-corrected chi connectivity index (χ1v) is 6.60. The molecular formula is C14H18N4. The molecule has 94 valence electrons. The highest BCUT2D eigenvalue weighted by Crippen LogP contribution is 2.18. The molecule has 3 rings (SSSR count). The molecule has 1 aromatic heterocycles. The lowest BCUT2D eigenvalue weighted by Gasteiger charge is -2.17. The van der Waals surface area contributed by atoms with Gasteiger partial charge in [0.05, 0.1) is 11.0 Å². The Kier molecular flexibility index (Phi) is 3.37. The molecule has 2 heterocycles. The standard InChI is InChI=1S/C14H18N4/c1-2-11(5-7-15-6-1)18-12-3-4-13-14(10-12)17-9-8-16-13/h3-4,8-11,15,18H,1-2,5-7H2. The van der Waals surface area contributed by atoms with Crippen molar-refractivity contribution in [2.45, 2.75) is 25.3 Å². The first kappa shape index (κ1) is 11.4. The average molecular weight is 242 g/mol. The zero-order valence-corrected chi connectivity index (χ0v) is 10.4. The third-order valence-corrected chi connectivity index (χ3v) is 3.42. The van der Waals surface area contributed by atoms with Gasteiger partial charge < -0.3 is 10.6 Å². The number of nitrogens with zero attached hydrogens (tertiary/aromatic N) is 2. The summed E-state index contributed by atoms with van der Waals surface area (Å²) in [5.41, 5.74) is 3.05. The molecule has 2 aromatic rings. The lowest BCUT2D eigenvalue weighted by molar-refractivity contribution is 0.638. The zero-order chi connectivity index (χ0) is 12.2. The van der Waals surface area contributed by atoms with E-state index in [1.54, 1.807) is 12.4 Å². The molecule has 0 spiro atoms. The highest BCUT2D eigenvalue weighted by molar-refractivity contribution is 5.78. The molecule has 1 aliphatic heterocycles. The predicted octanol–water partition coefficient (Wildman–Crippen LogP) is 2.18. The van der Waals surface area contributed by atoms with Crippen LogP contribution in [0, 0.1) is 0 Å². The third kappa shape index (κ3) is 2.59. The summed E-state index contributed by atoms with van der Waals surface area (Å²) in [6.07, 6.45) is 7.11. The summed E-state index contributed by atoms with van der Waals surface area (Å²) < 4.78 is 0. The second-order valence-electron chi connectivity index (χ2n) is 4.78. The second kappa shape index (κ2) is 5.31. The van der Waals surface area contributed by atoms with E-state index in [2.05, 4.69) is 32.7 Å². The minimum atomic E-state index is 0.564. The van der Waals surface area contributed by atoms with Gasteiger partial charge in [-0.15, -0.1) is 0 Å². The number of anilines is 1. The maximum absolute atomic E-state index is 4.34. The molecule has 1 unspecified atom stereocenters. The van der Waals surface area contributed by atoms with Crippen molar-refractivity contribution >= 4 is 16.7 Å². The van der Waals surface area contributed by atoms with Gasteiger partial charge >= 0.3 is 0 Å². The quantitative estimate of drug-likeness (QED) is 0.847. The van der Waals surface area contributed by atoms with E-state index in [1.807, 2.05) is 6.07 Å². The number of nitrogens with one attached hydrogen (secondary N) is 2. The summed E-state index contributed by atoms with van der Waals surface area (Å²) in [6.45, 7) is 2.24. The molecule has 18 heavy (non-hydrogen) atoms. The summed E-state index contributed by atoms with van der Waals surface area (Å²) in [5, 5.41) is 7.04. The number of fused-ring (bicyclic) bond motifs is 1. The SMILES string of the molecule is c1cnc2cc(NC3CCCNCC3)ccc2n1. The largest absolute Gasteiger partial charge is 0.382 e. The Labute approximate surface area is 107 Å². The van der Waals surface area contributed by atoms with Gasteiger partial charge in [-0.05, 0) is 50.6 Å². The predicted molar refractivity (Wildman–Crippen MR) is 73.7 cm³/mol. The second-order valence-corrected chi connectivity index (χ2v) is 4.78. The van der Waals surface area contributed by atoms with Crippen LogP contribution < -0.4 is 10.6 Å². The summed E-state index contributed by atoms with van der Waals surface area (Å²) in [7, 11) is 0. The van der Waals surface area contributed by atoms with Gasteiger partial charge in [-0.3, -0.25) is 9.97 Å². The van der Waals surface area contributed by atoms with E-state index in [0.29, 0.717) is 6.04 Å². The van der Waals surface area contributed by atoms with Crippen molar-refractivity contribution in [3.8, 4) is 0 Å². The van der Waals surface area contributed by atoms with Crippen molar-refractivity contribution in [1.29, 1.82) is 0 Å². The van der Waals surface area contributed by atoms with Gasteiger partial charge in [0, 0.05) is 24.1 Å². The van der Waals surface area contributed by atoms with Crippen LogP contribution in [0.1, 0.15) is 19.3 Å². The van der Waals surface area contributed by atoms with Crippen molar-refractivity contribution < 1.29 is 0 Å². The van der Waals surface area contributed by atoms with E-state index in [1.165, 1.54) is 19.3 Å². The van der Waals surface area contributed by atoms with Crippen molar-refractivity contribution in [3.05, 3.63) is 30.6 Å². The first-order valence-electron chi connectivity index (χ1n) is 6.60. The van der Waals surface area contributed by atoms with Crippen molar-refractivity contribution in [3.63, 3.8) is 0 Å². The molecule has 0 aliphatic carbocycles. The Hall–Kier alpha value is -1.68. The monoisotopic (exact) mass is 242 g/mol. The molecule has 4 heteroatoms. The van der Waals surface area contributed by atoms with Crippen LogP contribution in [0.25, 0.3) is 11.0 Å². The third-order valence-electron chi connectivity index (χ3n) is 3.42. The van der Waals surface area contributed by atoms with E-state index >= 15 is 0 Å². The summed E-state index contributed by atoms with van der Waals surface area (Å²) in [6, 6.07) is 6.77. The van der Waals surface area contributed by atoms with E-state index in [0.717, 1.165) is 29.8 Å². The van der Waals surface area contributed by atoms with Crippen LogP contribution in [0.3, 0.4) is 0 Å². The van der Waals surface area contributed by atoms with E-state index in [9.17, 15) is 0 Å². The van der Waals surface area contributed by atoms with Gasteiger partial charge in [-0.25, -0.2) is 0 Å². The lowest BCUT2D eigenvalue weighted by atomic mass is 10.1. The fraction of sp³-hybridized carbons (Fsp3) is 0.429. The number of hydrogen-bond acceptors (Lipinski definition) is 4. The summed E-state index contributed by atoms with van der Waals surface area (Å²) >= 11 is 0. The molecule has 1 fully saturated rings. The van der Waals surface area contributed by atoms with E-state index < -0.39 is 0 Å². The molecule has 0 radical (unpaired) electrons. The van der Waals surface area contributed by atoms with E-state index in [4.69, 9.17) is 0 Å². The van der Waals surface area contributed by atoms with E-state index in [-0.39, 0.29) is 0 Å². The molecule has 0 saturated carbocycles. The zero-order valence-electron chi connectivity index (χ0n) is 10.4. The van der Waals surface area contributed by atoms with Crippen LogP contribution in [0.5, 0.6) is 0 Å². The Balaban J connectivity index is 1.77. The smallest absolute Gasteiger partial charge is 0.0907 e. The molecule has 1 aliphatic rings. The van der Waals surface area contributed by atoms with Crippen molar-refractivity contribution in [2.24, 2.45) is 0 Å². The lowest BCUT2D eigenvalue weighted by Crippen LogP contribution is -2.21. The number of hydrogen-bond donors (Lipinski definition) is 2. The minimum Gasteiger partial charge on any atom is -0.382 e. The Bertz CT molecular complexity index is 518. The molecule has 4 nitrogen and oxygen atoms in total. The van der Waals surface area contributed by atoms with Crippen LogP contribution in [0.4, 0.5) is 5.69 Å². The first-order chi connectivity index (χ1) is 8.92. The van der Waals surface area contributed by atoms with Gasteiger partial charge in [-0.2, -0.15) is 0 Å². The van der Waals surface area contributed by atoms with Crippen molar-refractivity contribution in [2.75, 3.05) is 18.4 Å². The topological polar surface area (TPSA) is 49.8 Å². The Morgan fingerprint density at radius 2 is 1.94 bits per heavy atom. The normalized spacial score (nSPS) is 20.6. The van der Waals surface area contributed by atoms with Crippen LogP contribution >= 0.6 is 0 Å². The van der Waals surface area contributed by atoms with Gasteiger partial charge in [0.25, 0.3) is 0 Å². The average Bonchev–Trinajstić information content (AvgIpc) is 2.67. The van der Waals surface area contributed by atoms with Crippen LogP contribution in [0.15, 0.2) is 30.6 Å². The molecule has 1 atom stereocenters. The molecule has 1 aromatic carbocycles. The Morgan fingerprint density at radius 1 is 1.06 bits per heavy atom. The van der Waals surface area contributed by atoms with Crippen molar-refractivity contribution in [1.82, 2.24) is 15.3 Å². The van der Waals surface area contributed by atoms with Crippen LogP contribution in [0.2, 0.25) is 0 Å². The Morgan fingerprint density at radius 3 is 2.89 bits per heavy atom. The number of benzene rings is 1. The molecular weight excluding hydrogens is 224 g/mol.